The normalized spacial score (nSPS) is 20.5. The van der Waals surface area contributed by atoms with E-state index in [1.165, 1.54) is 13.2 Å². The van der Waals surface area contributed by atoms with Crippen LogP contribution in [-0.4, -0.2) is 19.0 Å². The van der Waals surface area contributed by atoms with E-state index in [2.05, 4.69) is 4.74 Å². The van der Waals surface area contributed by atoms with Crippen molar-refractivity contribution < 1.29 is 18.3 Å². The average molecular weight is 241 g/mol. The van der Waals surface area contributed by atoms with Crippen molar-refractivity contribution in [3.8, 4) is 0 Å². The molecule has 0 bridgehead atoms. The van der Waals surface area contributed by atoms with E-state index >= 15 is 0 Å². The molecule has 1 aliphatic carbocycles. The Bertz CT molecular complexity index is 452. The molecule has 1 aromatic rings. The molecule has 0 unspecified atom stereocenters. The van der Waals surface area contributed by atoms with Crippen molar-refractivity contribution >= 4 is 5.97 Å². The second-order valence-corrected chi connectivity index (χ2v) is 4.40. The summed E-state index contributed by atoms with van der Waals surface area (Å²) in [5, 5.41) is 0. The molecule has 0 amide bonds. The predicted molar refractivity (Wildman–Crippen MR) is 57.8 cm³/mol. The lowest BCUT2D eigenvalue weighted by atomic mass is 9.68. The van der Waals surface area contributed by atoms with E-state index in [0.717, 1.165) is 0 Å². The van der Waals surface area contributed by atoms with Crippen LogP contribution in [0.1, 0.15) is 28.8 Å². The van der Waals surface area contributed by atoms with Gasteiger partial charge in [0.1, 0.15) is 0 Å². The van der Waals surface area contributed by atoms with Crippen LogP contribution in [0, 0.1) is 0 Å². The Morgan fingerprint density at radius 3 is 2.47 bits per heavy atom. The fourth-order valence-electron chi connectivity index (χ4n) is 2.27. The number of methoxy groups -OCH3 is 1. The summed E-state index contributed by atoms with van der Waals surface area (Å²) in [6, 6.07) is 6.45. The van der Waals surface area contributed by atoms with Crippen LogP contribution in [-0.2, 0) is 10.3 Å². The van der Waals surface area contributed by atoms with Gasteiger partial charge in [-0.1, -0.05) is 18.2 Å². The first-order valence-corrected chi connectivity index (χ1v) is 5.22. The zero-order valence-corrected chi connectivity index (χ0v) is 9.37. The largest absolute Gasteiger partial charge is 0.465 e. The fourth-order valence-corrected chi connectivity index (χ4v) is 2.27. The van der Waals surface area contributed by atoms with Gasteiger partial charge in [0, 0.05) is 12.8 Å². The maximum atomic E-state index is 12.9. The number of halogens is 2. The lowest BCUT2D eigenvalue weighted by Gasteiger charge is -2.45. The Morgan fingerprint density at radius 1 is 1.35 bits per heavy atom. The Morgan fingerprint density at radius 2 is 1.94 bits per heavy atom. The zero-order chi connectivity index (χ0) is 12.7. The molecule has 17 heavy (non-hydrogen) atoms. The number of hydrogen-bond acceptors (Lipinski definition) is 3. The molecule has 0 heterocycles. The van der Waals surface area contributed by atoms with Crippen LogP contribution in [0.5, 0.6) is 0 Å². The monoisotopic (exact) mass is 241 g/mol. The predicted octanol–water partition coefficient (Wildman–Crippen LogP) is 2.06. The molecule has 1 aliphatic rings. The Hall–Kier alpha value is -1.49. The lowest BCUT2D eigenvalue weighted by Crippen LogP contribution is -2.56. The summed E-state index contributed by atoms with van der Waals surface area (Å²) < 4.78 is 30.5. The molecule has 0 saturated heterocycles. The molecule has 0 radical (unpaired) electrons. The van der Waals surface area contributed by atoms with Crippen molar-refractivity contribution in [2.24, 2.45) is 5.73 Å². The van der Waals surface area contributed by atoms with Gasteiger partial charge in [0.05, 0.1) is 18.2 Å². The third-order valence-electron chi connectivity index (χ3n) is 3.02. The highest BCUT2D eigenvalue weighted by atomic mass is 19.3. The van der Waals surface area contributed by atoms with Gasteiger partial charge >= 0.3 is 5.97 Å². The first kappa shape index (κ1) is 12.0. The lowest BCUT2D eigenvalue weighted by molar-refractivity contribution is -0.125. The SMILES string of the molecule is COC(=O)c1ccccc1C1(N)CC(F)(F)C1. The van der Waals surface area contributed by atoms with Crippen LogP contribution in [0.3, 0.4) is 0 Å². The van der Waals surface area contributed by atoms with Gasteiger partial charge in [0.2, 0.25) is 0 Å². The van der Waals surface area contributed by atoms with Crippen LogP contribution in [0.2, 0.25) is 0 Å². The second kappa shape index (κ2) is 3.77. The number of benzene rings is 1. The van der Waals surface area contributed by atoms with Gasteiger partial charge in [-0.25, -0.2) is 13.6 Å². The van der Waals surface area contributed by atoms with Crippen molar-refractivity contribution in [3.63, 3.8) is 0 Å². The molecule has 0 atom stereocenters. The Labute approximate surface area is 97.6 Å². The maximum absolute atomic E-state index is 12.9. The standard InChI is InChI=1S/C12H13F2NO2/c1-17-10(16)8-4-2-3-5-9(8)11(15)6-12(13,14)7-11/h2-5H,6-7,15H2,1H3. The fraction of sp³-hybridized carbons (Fsp3) is 0.417. The molecule has 92 valence electrons. The molecular formula is C12H13F2NO2. The van der Waals surface area contributed by atoms with Crippen molar-refractivity contribution in [2.45, 2.75) is 24.3 Å². The van der Waals surface area contributed by atoms with Crippen molar-refractivity contribution in [2.75, 3.05) is 7.11 Å². The van der Waals surface area contributed by atoms with Crippen LogP contribution < -0.4 is 5.73 Å². The summed E-state index contributed by atoms with van der Waals surface area (Å²) >= 11 is 0. The van der Waals surface area contributed by atoms with Crippen LogP contribution in [0.15, 0.2) is 24.3 Å². The highest BCUT2D eigenvalue weighted by molar-refractivity contribution is 5.91. The van der Waals surface area contributed by atoms with E-state index in [1.54, 1.807) is 18.2 Å². The Kier molecular flexibility index (Phi) is 2.66. The zero-order valence-electron chi connectivity index (χ0n) is 9.37. The highest BCUT2D eigenvalue weighted by Gasteiger charge is 2.56. The average Bonchev–Trinajstić information content (AvgIpc) is 2.25. The number of esters is 1. The second-order valence-electron chi connectivity index (χ2n) is 4.40. The van der Waals surface area contributed by atoms with Crippen molar-refractivity contribution in [3.05, 3.63) is 35.4 Å². The molecule has 3 nitrogen and oxygen atoms in total. The van der Waals surface area contributed by atoms with Crippen LogP contribution in [0.4, 0.5) is 8.78 Å². The van der Waals surface area contributed by atoms with E-state index in [0.29, 0.717) is 5.56 Å². The summed E-state index contributed by atoms with van der Waals surface area (Å²) in [6.45, 7) is 0. The smallest absolute Gasteiger partial charge is 0.338 e. The van der Waals surface area contributed by atoms with E-state index in [-0.39, 0.29) is 5.56 Å². The number of carbonyl (C=O) groups is 1. The number of rotatable bonds is 2. The van der Waals surface area contributed by atoms with E-state index < -0.39 is 30.3 Å². The number of alkyl halides is 2. The van der Waals surface area contributed by atoms with E-state index in [9.17, 15) is 13.6 Å². The van der Waals surface area contributed by atoms with E-state index in [4.69, 9.17) is 5.73 Å². The van der Waals surface area contributed by atoms with Crippen molar-refractivity contribution in [1.82, 2.24) is 0 Å². The molecule has 5 heteroatoms. The van der Waals surface area contributed by atoms with Crippen molar-refractivity contribution in [1.29, 1.82) is 0 Å². The molecule has 1 saturated carbocycles. The molecule has 1 fully saturated rings. The summed E-state index contributed by atoms with van der Waals surface area (Å²) in [5.74, 6) is -3.29. The molecule has 0 aliphatic heterocycles. The van der Waals surface area contributed by atoms with Gasteiger partial charge in [-0.2, -0.15) is 0 Å². The van der Waals surface area contributed by atoms with Crippen LogP contribution in [0.25, 0.3) is 0 Å². The third-order valence-corrected chi connectivity index (χ3v) is 3.02. The van der Waals surface area contributed by atoms with Gasteiger partial charge in [-0.3, -0.25) is 0 Å². The van der Waals surface area contributed by atoms with Crippen LogP contribution >= 0.6 is 0 Å². The van der Waals surface area contributed by atoms with Gasteiger partial charge in [-0.15, -0.1) is 0 Å². The van der Waals surface area contributed by atoms with Gasteiger partial charge < -0.3 is 10.5 Å². The molecule has 2 N–H and O–H groups in total. The maximum Gasteiger partial charge on any atom is 0.338 e. The summed E-state index contributed by atoms with van der Waals surface area (Å²) in [6.07, 6.45) is -0.873. The quantitative estimate of drug-likeness (QED) is 0.806. The molecule has 0 aromatic heterocycles. The molecule has 1 aromatic carbocycles. The first-order chi connectivity index (χ1) is 7.88. The summed E-state index contributed by atoms with van der Waals surface area (Å²) in [4.78, 5) is 11.5. The molecule has 2 rings (SSSR count). The molecular weight excluding hydrogens is 228 g/mol. The number of carbonyl (C=O) groups excluding carboxylic acids is 1. The minimum absolute atomic E-state index is 0.257. The van der Waals surface area contributed by atoms with E-state index in [1.807, 2.05) is 0 Å². The summed E-state index contributed by atoms with van der Waals surface area (Å²) in [7, 11) is 1.25. The minimum atomic E-state index is -2.74. The van der Waals surface area contributed by atoms with Gasteiger partial charge in [-0.05, 0) is 11.6 Å². The molecule has 0 spiro atoms. The first-order valence-electron chi connectivity index (χ1n) is 5.22. The third kappa shape index (κ3) is 2.02. The minimum Gasteiger partial charge on any atom is -0.465 e. The van der Waals surface area contributed by atoms with Gasteiger partial charge in [0.25, 0.3) is 5.92 Å². The topological polar surface area (TPSA) is 52.3 Å². The number of hydrogen-bond donors (Lipinski definition) is 1. The van der Waals surface area contributed by atoms with Gasteiger partial charge in [0.15, 0.2) is 0 Å². The highest BCUT2D eigenvalue weighted by Crippen LogP contribution is 2.50. The summed E-state index contributed by atoms with van der Waals surface area (Å²) in [5.41, 5.74) is 5.46. The number of nitrogens with two attached hydrogens (primary N) is 1. The number of ether oxygens (including phenoxy) is 1. The Balaban J connectivity index is 2.37.